The van der Waals surface area contributed by atoms with Gasteiger partial charge in [-0.15, -0.1) is 0 Å². The van der Waals surface area contributed by atoms with Gasteiger partial charge in [-0.1, -0.05) is 0 Å². The van der Waals surface area contributed by atoms with E-state index in [1.807, 2.05) is 0 Å². The van der Waals surface area contributed by atoms with Gasteiger partial charge in [0.25, 0.3) is 0 Å². The summed E-state index contributed by atoms with van der Waals surface area (Å²) in [6.07, 6.45) is -5.49. The Bertz CT molecular complexity index is 252. The summed E-state index contributed by atoms with van der Waals surface area (Å²) in [5.74, 6) is -0.0278. The van der Waals surface area contributed by atoms with Gasteiger partial charge in [0.15, 0.2) is 6.10 Å². The van der Waals surface area contributed by atoms with E-state index < -0.39 is 24.4 Å². The Kier molecular flexibility index (Phi) is 2.48. The molecule has 0 saturated heterocycles. The minimum Gasteiger partial charge on any atom is -0.384 e. The lowest BCUT2D eigenvalue weighted by atomic mass is 9.82. The van der Waals surface area contributed by atoms with E-state index in [9.17, 15) is 17.6 Å². The fourth-order valence-electron chi connectivity index (χ4n) is 3.06. The molecule has 0 aliphatic heterocycles. The van der Waals surface area contributed by atoms with Gasteiger partial charge < -0.3 is 5.11 Å². The van der Waals surface area contributed by atoms with Gasteiger partial charge in [0.05, 0.1) is 0 Å². The molecule has 2 fully saturated rings. The summed E-state index contributed by atoms with van der Waals surface area (Å²) in [5, 5.41) is 8.87. The van der Waals surface area contributed by atoms with Crippen molar-refractivity contribution in [2.75, 3.05) is 0 Å². The van der Waals surface area contributed by atoms with Gasteiger partial charge in [-0.05, 0) is 37.5 Å². The van der Waals surface area contributed by atoms with Crippen molar-refractivity contribution in [1.82, 2.24) is 0 Å². The molecule has 4 unspecified atom stereocenters. The third-order valence-electron chi connectivity index (χ3n) is 3.81. The molecule has 0 amide bonds. The highest BCUT2D eigenvalue weighted by atomic mass is 19.4. The third kappa shape index (κ3) is 1.98. The second-order valence-corrected chi connectivity index (χ2v) is 4.88. The van der Waals surface area contributed by atoms with Crippen LogP contribution in [0, 0.1) is 11.8 Å². The summed E-state index contributed by atoms with van der Waals surface area (Å²) in [4.78, 5) is 0. The summed E-state index contributed by atoms with van der Waals surface area (Å²) in [5.41, 5.74) is -1.78. The molecule has 4 atom stereocenters. The van der Waals surface area contributed by atoms with Gasteiger partial charge in [0.1, 0.15) is 5.67 Å². The van der Waals surface area contributed by atoms with E-state index >= 15 is 0 Å². The van der Waals surface area contributed by atoms with Crippen LogP contribution in [0.3, 0.4) is 0 Å². The molecule has 0 spiro atoms. The van der Waals surface area contributed by atoms with Gasteiger partial charge >= 0.3 is 6.18 Å². The largest absolute Gasteiger partial charge is 0.414 e. The van der Waals surface area contributed by atoms with Crippen LogP contribution in [0.25, 0.3) is 0 Å². The molecule has 1 nitrogen and oxygen atoms in total. The van der Waals surface area contributed by atoms with Crippen LogP contribution in [0.1, 0.15) is 32.1 Å². The van der Waals surface area contributed by atoms with Gasteiger partial charge in [-0.25, -0.2) is 4.39 Å². The second-order valence-electron chi connectivity index (χ2n) is 4.88. The average Bonchev–Trinajstić information content (AvgIpc) is 2.60. The first kappa shape index (κ1) is 11.2. The van der Waals surface area contributed by atoms with Crippen LogP contribution >= 0.6 is 0 Å². The highest BCUT2D eigenvalue weighted by molar-refractivity contribution is 5.02. The van der Waals surface area contributed by atoms with E-state index in [1.54, 1.807) is 0 Å². The molecule has 2 rings (SSSR count). The smallest absolute Gasteiger partial charge is 0.384 e. The minimum absolute atomic E-state index is 0.199. The van der Waals surface area contributed by atoms with Crippen molar-refractivity contribution >= 4 is 0 Å². The van der Waals surface area contributed by atoms with Gasteiger partial charge in [-0.2, -0.15) is 13.2 Å². The molecular weight excluding hydrogens is 212 g/mol. The summed E-state index contributed by atoms with van der Waals surface area (Å²) in [6.45, 7) is 0. The van der Waals surface area contributed by atoms with Crippen LogP contribution in [-0.4, -0.2) is 23.1 Å². The predicted octanol–water partition coefficient (Wildman–Crippen LogP) is 2.83. The number of rotatable bonds is 2. The lowest BCUT2D eigenvalue weighted by Gasteiger charge is -2.32. The van der Waals surface area contributed by atoms with Crippen molar-refractivity contribution in [2.45, 2.75) is 50.1 Å². The van der Waals surface area contributed by atoms with E-state index in [4.69, 9.17) is 5.11 Å². The maximum Gasteiger partial charge on any atom is 0.414 e. The fourth-order valence-corrected chi connectivity index (χ4v) is 3.06. The lowest BCUT2D eigenvalue weighted by Crippen LogP contribution is -2.40. The Morgan fingerprint density at radius 2 is 2.00 bits per heavy atom. The molecule has 0 aromatic rings. The summed E-state index contributed by atoms with van der Waals surface area (Å²) in [7, 11) is 0. The molecule has 2 aliphatic rings. The van der Waals surface area contributed by atoms with Crippen LogP contribution in [0.4, 0.5) is 17.6 Å². The van der Waals surface area contributed by atoms with Crippen LogP contribution in [0.5, 0.6) is 0 Å². The second kappa shape index (κ2) is 3.34. The number of hydrogen-bond acceptors (Lipinski definition) is 1. The molecule has 2 saturated carbocycles. The Morgan fingerprint density at radius 1 is 1.33 bits per heavy atom. The molecule has 2 bridgehead atoms. The Morgan fingerprint density at radius 3 is 2.40 bits per heavy atom. The molecule has 0 aromatic heterocycles. The normalized spacial score (nSPS) is 42.2. The van der Waals surface area contributed by atoms with E-state index in [0.29, 0.717) is 12.8 Å². The van der Waals surface area contributed by atoms with Crippen molar-refractivity contribution in [3.63, 3.8) is 0 Å². The molecule has 2 aliphatic carbocycles. The van der Waals surface area contributed by atoms with Crippen LogP contribution in [0.15, 0.2) is 0 Å². The van der Waals surface area contributed by atoms with Crippen molar-refractivity contribution in [2.24, 2.45) is 11.8 Å². The highest BCUT2D eigenvalue weighted by Gasteiger charge is 2.55. The third-order valence-corrected chi connectivity index (χ3v) is 3.81. The standard InChI is InChI=1S/C10H14F4O/c11-9(5-8(15)10(12,13)14)4-6-1-2-7(9)3-6/h6-8,15H,1-5H2. The number of halogens is 4. The molecule has 0 heterocycles. The van der Waals surface area contributed by atoms with Gasteiger partial charge in [-0.3, -0.25) is 0 Å². The Labute approximate surface area is 85.5 Å². The molecule has 5 heteroatoms. The zero-order chi connectivity index (χ0) is 11.3. The van der Waals surface area contributed by atoms with Crippen molar-refractivity contribution in [3.05, 3.63) is 0 Å². The topological polar surface area (TPSA) is 20.2 Å². The number of hydrogen-bond donors (Lipinski definition) is 1. The van der Waals surface area contributed by atoms with Gasteiger partial charge in [0.2, 0.25) is 0 Å². The minimum atomic E-state index is -4.69. The first-order valence-corrected chi connectivity index (χ1v) is 5.25. The van der Waals surface area contributed by atoms with Crippen LogP contribution < -0.4 is 0 Å². The fraction of sp³-hybridized carbons (Fsp3) is 1.00. The van der Waals surface area contributed by atoms with Crippen LogP contribution in [-0.2, 0) is 0 Å². The zero-order valence-corrected chi connectivity index (χ0v) is 8.23. The quantitative estimate of drug-likeness (QED) is 0.718. The van der Waals surface area contributed by atoms with E-state index in [0.717, 1.165) is 6.42 Å². The van der Waals surface area contributed by atoms with Crippen molar-refractivity contribution in [1.29, 1.82) is 0 Å². The Hall–Kier alpha value is -0.320. The zero-order valence-electron chi connectivity index (χ0n) is 8.23. The monoisotopic (exact) mass is 226 g/mol. The maximum absolute atomic E-state index is 14.1. The molecule has 1 N–H and O–H groups in total. The SMILES string of the molecule is OC(CC1(F)CC2CCC1C2)C(F)(F)F. The first-order valence-electron chi connectivity index (χ1n) is 5.25. The van der Waals surface area contributed by atoms with E-state index in [1.165, 1.54) is 0 Å². The van der Waals surface area contributed by atoms with Crippen molar-refractivity contribution in [3.8, 4) is 0 Å². The molecule has 0 aromatic carbocycles. The number of aliphatic hydroxyl groups is 1. The molecular formula is C10H14F4O. The summed E-state index contributed by atoms with van der Waals surface area (Å²) in [6, 6.07) is 0. The summed E-state index contributed by atoms with van der Waals surface area (Å²) < 4.78 is 50.4. The number of fused-ring (bicyclic) bond motifs is 2. The number of alkyl halides is 4. The lowest BCUT2D eigenvalue weighted by molar-refractivity contribution is -0.215. The highest BCUT2D eigenvalue weighted by Crippen LogP contribution is 2.55. The van der Waals surface area contributed by atoms with E-state index in [2.05, 4.69) is 0 Å². The first-order chi connectivity index (χ1) is 6.81. The molecule has 0 radical (unpaired) electrons. The van der Waals surface area contributed by atoms with Gasteiger partial charge in [0, 0.05) is 6.42 Å². The Balaban J connectivity index is 2.00. The predicted molar refractivity (Wildman–Crippen MR) is 46.0 cm³/mol. The van der Waals surface area contributed by atoms with Crippen LogP contribution in [0.2, 0.25) is 0 Å². The summed E-state index contributed by atoms with van der Waals surface area (Å²) >= 11 is 0. The average molecular weight is 226 g/mol. The van der Waals surface area contributed by atoms with E-state index in [-0.39, 0.29) is 18.3 Å². The maximum atomic E-state index is 14.1. The number of aliphatic hydroxyl groups excluding tert-OH is 1. The molecule has 15 heavy (non-hydrogen) atoms. The molecule has 88 valence electrons. The van der Waals surface area contributed by atoms with Crippen molar-refractivity contribution < 1.29 is 22.7 Å².